The number of carbonyl (C=O) groups is 2. The first-order valence-corrected chi connectivity index (χ1v) is 5.93. The van der Waals surface area contributed by atoms with Crippen LogP contribution in [0.1, 0.15) is 11.1 Å². The fourth-order valence-electron chi connectivity index (χ4n) is 1.63. The van der Waals surface area contributed by atoms with E-state index >= 15 is 0 Å². The Kier molecular flexibility index (Phi) is 5.19. The van der Waals surface area contributed by atoms with E-state index < -0.39 is 29.6 Å². The number of hydrogen-bond donors (Lipinski definition) is 4. The molecule has 9 heteroatoms. The summed E-state index contributed by atoms with van der Waals surface area (Å²) in [5.74, 6) is -1.37. The number of nitro benzene ring substituents is 1. The Balaban J connectivity index is 2.88. The Morgan fingerprint density at radius 2 is 1.95 bits per heavy atom. The minimum atomic E-state index is -1.43. The Morgan fingerprint density at radius 1 is 1.33 bits per heavy atom. The molecular weight excluding hydrogens is 282 g/mol. The largest absolute Gasteiger partial charge is 0.480 e. The monoisotopic (exact) mass is 297 g/mol. The van der Waals surface area contributed by atoms with E-state index in [1.54, 1.807) is 6.92 Å². The van der Waals surface area contributed by atoms with E-state index in [-0.39, 0.29) is 5.69 Å². The average molecular weight is 297 g/mol. The lowest BCUT2D eigenvalue weighted by atomic mass is 10.1. The van der Waals surface area contributed by atoms with E-state index in [0.717, 1.165) is 0 Å². The number of benzene rings is 1. The van der Waals surface area contributed by atoms with Crippen LogP contribution in [-0.4, -0.2) is 39.8 Å². The highest BCUT2D eigenvalue weighted by Crippen LogP contribution is 2.25. The van der Waals surface area contributed by atoms with Crippen molar-refractivity contribution in [3.63, 3.8) is 0 Å². The third-order valence-electron chi connectivity index (χ3n) is 2.77. The van der Waals surface area contributed by atoms with Crippen LogP contribution in [0.2, 0.25) is 0 Å². The molecule has 0 saturated heterocycles. The third kappa shape index (κ3) is 4.14. The van der Waals surface area contributed by atoms with E-state index in [1.807, 2.05) is 0 Å². The Hall–Kier alpha value is -2.68. The van der Waals surface area contributed by atoms with Gasteiger partial charge in [0.15, 0.2) is 6.04 Å². The number of nitro groups is 1. The molecule has 0 aliphatic rings. The highest BCUT2D eigenvalue weighted by molar-refractivity contribution is 5.93. The number of nitrogens with zero attached hydrogens (tertiary/aromatic N) is 1. The van der Waals surface area contributed by atoms with Crippen molar-refractivity contribution in [2.24, 2.45) is 0 Å². The topological polar surface area (TPSA) is 142 Å². The lowest BCUT2D eigenvalue weighted by molar-refractivity contribution is -0.385. The summed E-state index contributed by atoms with van der Waals surface area (Å²) in [7, 11) is 0. The van der Waals surface area contributed by atoms with Crippen LogP contribution in [0.4, 0.5) is 16.2 Å². The molecule has 0 aliphatic heterocycles. The summed E-state index contributed by atoms with van der Waals surface area (Å²) < 4.78 is 0. The van der Waals surface area contributed by atoms with Crippen LogP contribution >= 0.6 is 0 Å². The van der Waals surface area contributed by atoms with Crippen LogP contribution in [0.5, 0.6) is 0 Å². The second kappa shape index (κ2) is 6.66. The number of carboxylic acids is 1. The Labute approximate surface area is 119 Å². The summed E-state index contributed by atoms with van der Waals surface area (Å²) in [6, 6.07) is 0.477. The molecule has 0 fully saturated rings. The summed E-state index contributed by atoms with van der Waals surface area (Å²) in [4.78, 5) is 32.6. The number of carboxylic acid groups (broad SMARTS) is 1. The zero-order valence-corrected chi connectivity index (χ0v) is 11.4. The van der Waals surface area contributed by atoms with Gasteiger partial charge in [0.05, 0.1) is 11.5 Å². The second-order valence-electron chi connectivity index (χ2n) is 4.38. The number of aliphatic hydroxyl groups excluding tert-OH is 1. The van der Waals surface area contributed by atoms with Gasteiger partial charge < -0.3 is 20.8 Å². The van der Waals surface area contributed by atoms with Crippen LogP contribution < -0.4 is 10.6 Å². The highest BCUT2D eigenvalue weighted by Gasteiger charge is 2.20. The first-order valence-electron chi connectivity index (χ1n) is 5.93. The number of anilines is 1. The van der Waals surface area contributed by atoms with Gasteiger partial charge in [0, 0.05) is 17.3 Å². The number of carbonyl (C=O) groups excluding carboxylic acids is 1. The molecule has 1 aromatic rings. The molecule has 1 aromatic carbocycles. The van der Waals surface area contributed by atoms with Crippen molar-refractivity contribution in [3.8, 4) is 0 Å². The van der Waals surface area contributed by atoms with Crippen molar-refractivity contribution in [1.29, 1.82) is 0 Å². The van der Waals surface area contributed by atoms with Crippen LogP contribution in [-0.2, 0) is 4.79 Å². The molecule has 2 amide bonds. The van der Waals surface area contributed by atoms with Gasteiger partial charge in [-0.1, -0.05) is 0 Å². The smallest absolute Gasteiger partial charge is 0.328 e. The number of aryl methyl sites for hydroxylation is 2. The maximum atomic E-state index is 11.6. The fraction of sp³-hybridized carbons (Fsp3) is 0.333. The molecule has 0 spiro atoms. The summed E-state index contributed by atoms with van der Waals surface area (Å²) in [6.45, 7) is 2.35. The lowest BCUT2D eigenvalue weighted by Gasteiger charge is -2.14. The number of rotatable bonds is 5. The molecule has 0 heterocycles. The van der Waals surface area contributed by atoms with Crippen LogP contribution in [0, 0.1) is 24.0 Å². The molecule has 0 aliphatic carbocycles. The second-order valence-corrected chi connectivity index (χ2v) is 4.38. The van der Waals surface area contributed by atoms with Crippen molar-refractivity contribution in [1.82, 2.24) is 5.32 Å². The first kappa shape index (κ1) is 16.4. The zero-order chi connectivity index (χ0) is 16.2. The fourth-order valence-corrected chi connectivity index (χ4v) is 1.63. The molecule has 1 atom stereocenters. The Bertz CT molecular complexity index is 587. The normalized spacial score (nSPS) is 11.6. The minimum Gasteiger partial charge on any atom is -0.480 e. The van der Waals surface area contributed by atoms with Gasteiger partial charge in [0.1, 0.15) is 0 Å². The van der Waals surface area contributed by atoms with E-state index in [4.69, 9.17) is 10.2 Å². The minimum absolute atomic E-state index is 0.0720. The third-order valence-corrected chi connectivity index (χ3v) is 2.77. The Morgan fingerprint density at radius 3 is 2.43 bits per heavy atom. The van der Waals surface area contributed by atoms with Gasteiger partial charge in [0.25, 0.3) is 5.69 Å². The number of hydrogen-bond acceptors (Lipinski definition) is 5. The number of aliphatic hydroxyl groups is 1. The molecule has 114 valence electrons. The molecule has 0 radical (unpaired) electrons. The van der Waals surface area contributed by atoms with Gasteiger partial charge in [-0.3, -0.25) is 10.1 Å². The van der Waals surface area contributed by atoms with Gasteiger partial charge in [-0.25, -0.2) is 9.59 Å². The predicted molar refractivity (Wildman–Crippen MR) is 73.2 cm³/mol. The lowest BCUT2D eigenvalue weighted by Crippen LogP contribution is -2.45. The van der Waals surface area contributed by atoms with Gasteiger partial charge in [-0.15, -0.1) is 0 Å². The van der Waals surface area contributed by atoms with Crippen molar-refractivity contribution in [2.45, 2.75) is 19.9 Å². The predicted octanol–water partition coefficient (Wildman–Crippen LogP) is 0.779. The van der Waals surface area contributed by atoms with Crippen molar-refractivity contribution >= 4 is 23.4 Å². The number of aliphatic carboxylic acids is 1. The van der Waals surface area contributed by atoms with E-state index in [0.29, 0.717) is 16.8 Å². The van der Waals surface area contributed by atoms with E-state index in [2.05, 4.69) is 10.6 Å². The molecule has 21 heavy (non-hydrogen) atoms. The van der Waals surface area contributed by atoms with Crippen LogP contribution in [0.25, 0.3) is 0 Å². The van der Waals surface area contributed by atoms with Crippen molar-refractivity contribution in [3.05, 3.63) is 33.4 Å². The molecule has 0 saturated carbocycles. The number of amides is 2. The average Bonchev–Trinajstić information content (AvgIpc) is 2.39. The maximum absolute atomic E-state index is 11.6. The highest BCUT2D eigenvalue weighted by atomic mass is 16.6. The zero-order valence-electron chi connectivity index (χ0n) is 11.4. The standard InChI is InChI=1S/C12H15N3O6/c1-6-4-10(15(20)21)7(2)3-8(6)13-12(19)14-9(5-16)11(17)18/h3-4,9,16H,5H2,1-2H3,(H,17,18)(H2,13,14,19)/t9-/m1/s1. The summed E-state index contributed by atoms with van der Waals surface area (Å²) in [6.07, 6.45) is 0. The maximum Gasteiger partial charge on any atom is 0.328 e. The quantitative estimate of drug-likeness (QED) is 0.467. The summed E-state index contributed by atoms with van der Waals surface area (Å²) in [5, 5.41) is 32.8. The SMILES string of the molecule is Cc1cc([N+](=O)[O-])c(C)cc1NC(=O)N[C@H](CO)C(=O)O. The molecule has 9 nitrogen and oxygen atoms in total. The molecule has 0 unspecified atom stereocenters. The van der Waals surface area contributed by atoms with Gasteiger partial charge in [-0.2, -0.15) is 0 Å². The summed E-state index contributed by atoms with van der Waals surface area (Å²) in [5.41, 5.74) is 1.06. The number of urea groups is 1. The van der Waals surface area contributed by atoms with Gasteiger partial charge in [0.2, 0.25) is 0 Å². The van der Waals surface area contributed by atoms with E-state index in [9.17, 15) is 19.7 Å². The van der Waals surface area contributed by atoms with Crippen molar-refractivity contribution < 1.29 is 24.7 Å². The molecular formula is C12H15N3O6. The molecule has 1 rings (SSSR count). The first-order chi connectivity index (χ1) is 9.76. The van der Waals surface area contributed by atoms with E-state index in [1.165, 1.54) is 19.1 Å². The van der Waals surface area contributed by atoms with Crippen molar-refractivity contribution in [2.75, 3.05) is 11.9 Å². The van der Waals surface area contributed by atoms with Crippen LogP contribution in [0.15, 0.2) is 12.1 Å². The number of nitrogens with one attached hydrogen (secondary N) is 2. The molecule has 4 N–H and O–H groups in total. The van der Waals surface area contributed by atoms with Gasteiger partial charge in [-0.05, 0) is 25.5 Å². The molecule has 0 bridgehead atoms. The molecule has 0 aromatic heterocycles. The van der Waals surface area contributed by atoms with Gasteiger partial charge >= 0.3 is 12.0 Å². The van der Waals surface area contributed by atoms with Crippen LogP contribution in [0.3, 0.4) is 0 Å². The summed E-state index contributed by atoms with van der Waals surface area (Å²) >= 11 is 0.